The van der Waals surface area contributed by atoms with Crippen molar-refractivity contribution >= 4 is 34.8 Å². The second-order valence-electron chi connectivity index (χ2n) is 4.92. The van der Waals surface area contributed by atoms with Gasteiger partial charge in [0.1, 0.15) is 5.69 Å². The van der Waals surface area contributed by atoms with E-state index in [1.165, 1.54) is 19.3 Å². The van der Waals surface area contributed by atoms with E-state index in [-0.39, 0.29) is 0 Å². The molecule has 0 amide bonds. The molecule has 0 aliphatic carbocycles. The molecule has 0 N–H and O–H groups in total. The van der Waals surface area contributed by atoms with Crippen LogP contribution < -0.4 is 0 Å². The van der Waals surface area contributed by atoms with Gasteiger partial charge in [-0.15, -0.1) is 0 Å². The van der Waals surface area contributed by atoms with Crippen LogP contribution in [0.3, 0.4) is 0 Å². The monoisotopic (exact) mass is 299 g/mol. The van der Waals surface area contributed by atoms with E-state index in [0.29, 0.717) is 15.7 Å². The average molecular weight is 300 g/mol. The normalized spacial score (nSPS) is 16.6. The molecule has 0 spiro atoms. The summed E-state index contributed by atoms with van der Waals surface area (Å²) >= 11 is 12.4. The van der Waals surface area contributed by atoms with Crippen molar-refractivity contribution in [2.75, 3.05) is 27.2 Å². The quantitative estimate of drug-likeness (QED) is 0.576. The SMILES string of the molecule is CN(C)C(=Nc1c(Cl)cccc1Cl)N1CCCCC1. The zero-order valence-corrected chi connectivity index (χ0v) is 12.9. The van der Waals surface area contributed by atoms with E-state index in [1.807, 2.05) is 37.2 Å². The Labute approximate surface area is 124 Å². The highest BCUT2D eigenvalue weighted by atomic mass is 35.5. The highest BCUT2D eigenvalue weighted by molar-refractivity contribution is 6.38. The molecule has 1 aromatic rings. The summed E-state index contributed by atoms with van der Waals surface area (Å²) in [4.78, 5) is 9.00. The minimum Gasteiger partial charge on any atom is -0.349 e. The van der Waals surface area contributed by atoms with Crippen molar-refractivity contribution in [2.24, 2.45) is 4.99 Å². The minimum absolute atomic E-state index is 0.587. The average Bonchev–Trinajstić information content (AvgIpc) is 2.39. The van der Waals surface area contributed by atoms with Gasteiger partial charge in [-0.1, -0.05) is 29.3 Å². The van der Waals surface area contributed by atoms with Crippen LogP contribution in [0, 0.1) is 0 Å². The summed E-state index contributed by atoms with van der Waals surface area (Å²) in [6.45, 7) is 2.08. The summed E-state index contributed by atoms with van der Waals surface area (Å²) in [5, 5.41) is 1.17. The van der Waals surface area contributed by atoms with Crippen molar-refractivity contribution in [3.8, 4) is 0 Å². The standard InChI is InChI=1S/C14H19Cl2N3/c1-18(2)14(19-9-4-3-5-10-19)17-13-11(15)7-6-8-12(13)16/h6-8H,3-5,9-10H2,1-2H3. The van der Waals surface area contributed by atoms with Gasteiger partial charge in [-0.05, 0) is 31.4 Å². The highest BCUT2D eigenvalue weighted by Gasteiger charge is 2.17. The van der Waals surface area contributed by atoms with E-state index < -0.39 is 0 Å². The summed E-state index contributed by atoms with van der Waals surface area (Å²) in [6.07, 6.45) is 3.72. The molecule has 1 fully saturated rings. The predicted molar refractivity (Wildman–Crippen MR) is 82.7 cm³/mol. The first-order valence-corrected chi connectivity index (χ1v) is 7.30. The smallest absolute Gasteiger partial charge is 0.201 e. The van der Waals surface area contributed by atoms with Crippen LogP contribution in [0.5, 0.6) is 0 Å². The number of aliphatic imine (C=N–C) groups is 1. The Balaban J connectivity index is 2.35. The van der Waals surface area contributed by atoms with Crippen molar-refractivity contribution < 1.29 is 0 Å². The van der Waals surface area contributed by atoms with Gasteiger partial charge in [0.05, 0.1) is 10.0 Å². The van der Waals surface area contributed by atoms with Crippen LogP contribution in [-0.4, -0.2) is 42.9 Å². The van der Waals surface area contributed by atoms with Crippen LogP contribution in [0.2, 0.25) is 10.0 Å². The largest absolute Gasteiger partial charge is 0.349 e. The summed E-state index contributed by atoms with van der Waals surface area (Å²) < 4.78 is 0. The lowest BCUT2D eigenvalue weighted by Gasteiger charge is -2.33. The second kappa shape index (κ2) is 6.49. The Morgan fingerprint density at radius 3 is 2.21 bits per heavy atom. The Bertz CT molecular complexity index is 446. The van der Waals surface area contributed by atoms with Gasteiger partial charge in [-0.2, -0.15) is 0 Å². The first-order valence-electron chi connectivity index (χ1n) is 6.54. The third-order valence-corrected chi connectivity index (χ3v) is 3.80. The Morgan fingerprint density at radius 1 is 1.11 bits per heavy atom. The van der Waals surface area contributed by atoms with Crippen molar-refractivity contribution in [3.05, 3.63) is 28.2 Å². The molecule has 19 heavy (non-hydrogen) atoms. The van der Waals surface area contributed by atoms with Gasteiger partial charge < -0.3 is 9.80 Å². The molecule has 1 aromatic carbocycles. The number of guanidine groups is 1. The molecule has 1 heterocycles. The van der Waals surface area contributed by atoms with Crippen LogP contribution in [-0.2, 0) is 0 Å². The highest BCUT2D eigenvalue weighted by Crippen LogP contribution is 2.33. The van der Waals surface area contributed by atoms with E-state index in [9.17, 15) is 0 Å². The maximum absolute atomic E-state index is 6.19. The second-order valence-corrected chi connectivity index (χ2v) is 5.74. The lowest BCUT2D eigenvalue weighted by molar-refractivity contribution is 0.309. The lowest BCUT2D eigenvalue weighted by Crippen LogP contribution is -2.43. The Morgan fingerprint density at radius 2 is 1.68 bits per heavy atom. The van der Waals surface area contributed by atoms with Gasteiger partial charge in [-0.3, -0.25) is 0 Å². The molecule has 2 rings (SSSR count). The van der Waals surface area contributed by atoms with Gasteiger partial charge in [0.15, 0.2) is 0 Å². The third-order valence-electron chi connectivity index (χ3n) is 3.19. The molecular formula is C14H19Cl2N3. The van der Waals surface area contributed by atoms with E-state index >= 15 is 0 Å². The topological polar surface area (TPSA) is 18.8 Å². The number of benzene rings is 1. The van der Waals surface area contributed by atoms with Crippen molar-refractivity contribution in [1.29, 1.82) is 0 Å². The molecule has 1 aliphatic rings. The number of likely N-dealkylation sites (tertiary alicyclic amines) is 1. The van der Waals surface area contributed by atoms with E-state index in [1.54, 1.807) is 0 Å². The number of para-hydroxylation sites is 1. The molecule has 104 valence electrons. The molecule has 0 aromatic heterocycles. The van der Waals surface area contributed by atoms with Gasteiger partial charge >= 0.3 is 0 Å². The fourth-order valence-corrected chi connectivity index (χ4v) is 2.73. The summed E-state index contributed by atoms with van der Waals surface area (Å²) in [5.41, 5.74) is 0.653. The van der Waals surface area contributed by atoms with Gasteiger partial charge in [0, 0.05) is 27.2 Å². The van der Waals surface area contributed by atoms with E-state index in [2.05, 4.69) is 9.89 Å². The molecular weight excluding hydrogens is 281 g/mol. The molecule has 1 aliphatic heterocycles. The van der Waals surface area contributed by atoms with Crippen LogP contribution in [0.15, 0.2) is 23.2 Å². The Kier molecular flexibility index (Phi) is 4.94. The zero-order valence-electron chi connectivity index (χ0n) is 11.4. The van der Waals surface area contributed by atoms with Crippen LogP contribution in [0.25, 0.3) is 0 Å². The first-order chi connectivity index (χ1) is 9.09. The fraction of sp³-hybridized carbons (Fsp3) is 0.500. The molecule has 3 nitrogen and oxygen atoms in total. The fourth-order valence-electron chi connectivity index (χ4n) is 2.24. The number of rotatable bonds is 1. The van der Waals surface area contributed by atoms with Crippen molar-refractivity contribution in [2.45, 2.75) is 19.3 Å². The van der Waals surface area contributed by atoms with Gasteiger partial charge in [0.25, 0.3) is 0 Å². The van der Waals surface area contributed by atoms with Crippen LogP contribution in [0.4, 0.5) is 5.69 Å². The molecule has 0 bridgehead atoms. The third kappa shape index (κ3) is 3.54. The van der Waals surface area contributed by atoms with Crippen molar-refractivity contribution in [3.63, 3.8) is 0 Å². The zero-order chi connectivity index (χ0) is 13.8. The van der Waals surface area contributed by atoms with E-state index in [4.69, 9.17) is 23.2 Å². The number of nitrogens with zero attached hydrogens (tertiary/aromatic N) is 3. The maximum atomic E-state index is 6.19. The maximum Gasteiger partial charge on any atom is 0.201 e. The number of halogens is 2. The van der Waals surface area contributed by atoms with Gasteiger partial charge in [-0.25, -0.2) is 4.99 Å². The lowest BCUT2D eigenvalue weighted by atomic mass is 10.1. The number of hydrogen-bond donors (Lipinski definition) is 0. The van der Waals surface area contributed by atoms with E-state index in [0.717, 1.165) is 19.0 Å². The van der Waals surface area contributed by atoms with Crippen LogP contribution in [0.1, 0.15) is 19.3 Å². The summed E-state index contributed by atoms with van der Waals surface area (Å²) in [7, 11) is 4.00. The van der Waals surface area contributed by atoms with Gasteiger partial charge in [0.2, 0.25) is 5.96 Å². The molecule has 0 saturated carbocycles. The molecule has 1 saturated heterocycles. The van der Waals surface area contributed by atoms with Crippen LogP contribution >= 0.6 is 23.2 Å². The predicted octanol–water partition coefficient (Wildman–Crippen LogP) is 4.03. The summed E-state index contributed by atoms with van der Waals surface area (Å²) in [6, 6.07) is 5.46. The minimum atomic E-state index is 0.587. The number of hydrogen-bond acceptors (Lipinski definition) is 1. The molecule has 0 radical (unpaired) electrons. The molecule has 0 unspecified atom stereocenters. The first kappa shape index (κ1) is 14.5. The summed E-state index contributed by atoms with van der Waals surface area (Å²) in [5.74, 6) is 0.926. The molecule has 0 atom stereocenters. The molecule has 5 heteroatoms. The Hall–Kier alpha value is -0.930. The van der Waals surface area contributed by atoms with Crippen molar-refractivity contribution in [1.82, 2.24) is 9.80 Å². The number of piperidine rings is 1.